The molecule has 0 saturated carbocycles. The Hall–Kier alpha value is -0.670. The molecule has 1 aromatic carbocycles. The summed E-state index contributed by atoms with van der Waals surface area (Å²) in [7, 11) is 1.64. The van der Waals surface area contributed by atoms with Crippen LogP contribution in [0.2, 0.25) is 0 Å². The molecule has 0 atom stereocenters. The van der Waals surface area contributed by atoms with Gasteiger partial charge >= 0.3 is 0 Å². The van der Waals surface area contributed by atoms with Crippen molar-refractivity contribution < 1.29 is 9.84 Å². The molecule has 0 spiro atoms. The van der Waals surface area contributed by atoms with Gasteiger partial charge in [-0.05, 0) is 24.0 Å². The summed E-state index contributed by atoms with van der Waals surface area (Å²) in [4.78, 5) is 1.09. The van der Waals surface area contributed by atoms with Crippen molar-refractivity contribution in [1.29, 1.82) is 0 Å². The Morgan fingerprint density at radius 1 is 1.50 bits per heavy atom. The van der Waals surface area contributed by atoms with Gasteiger partial charge in [-0.25, -0.2) is 0 Å². The molecule has 0 aliphatic rings. The molecule has 0 amide bonds. The van der Waals surface area contributed by atoms with Gasteiger partial charge in [-0.3, -0.25) is 0 Å². The number of aliphatic hydroxyl groups is 1. The van der Waals surface area contributed by atoms with Crippen LogP contribution in [0.3, 0.4) is 0 Å². The third-order valence-electron chi connectivity index (χ3n) is 1.63. The zero-order valence-electron chi connectivity index (χ0n) is 7.20. The van der Waals surface area contributed by atoms with Gasteiger partial charge in [0.25, 0.3) is 0 Å². The Labute approximate surface area is 76.6 Å². The summed E-state index contributed by atoms with van der Waals surface area (Å²) < 4.78 is 5.15. The van der Waals surface area contributed by atoms with Gasteiger partial charge in [-0.2, -0.15) is 0 Å². The molecule has 0 bridgehead atoms. The van der Waals surface area contributed by atoms with E-state index in [4.69, 9.17) is 9.84 Å². The molecule has 0 aromatic heterocycles. The van der Waals surface area contributed by atoms with Crippen LogP contribution in [0, 0.1) is 0 Å². The minimum Gasteiger partial charge on any atom is -0.496 e. The van der Waals surface area contributed by atoms with Crippen LogP contribution in [-0.2, 0) is 6.61 Å². The smallest absolute Gasteiger partial charge is 0.132 e. The van der Waals surface area contributed by atoms with Crippen LogP contribution in [0.25, 0.3) is 0 Å². The summed E-state index contributed by atoms with van der Waals surface area (Å²) in [5.41, 5.74) is 0.879. The van der Waals surface area contributed by atoms with Crippen LogP contribution in [-0.4, -0.2) is 18.5 Å². The minimum absolute atomic E-state index is 0.0605. The van der Waals surface area contributed by atoms with E-state index in [2.05, 4.69) is 0 Å². The second kappa shape index (κ2) is 4.38. The molecule has 0 fully saturated rings. The monoisotopic (exact) mass is 184 g/mol. The number of hydrogen-bond acceptors (Lipinski definition) is 3. The SMILES string of the molecule is COc1cc(CO)ccc1SC. The van der Waals surface area contributed by atoms with E-state index in [1.54, 1.807) is 18.9 Å². The van der Waals surface area contributed by atoms with Crippen LogP contribution in [0.5, 0.6) is 5.75 Å². The van der Waals surface area contributed by atoms with E-state index in [1.807, 2.05) is 24.5 Å². The van der Waals surface area contributed by atoms with E-state index in [0.717, 1.165) is 16.2 Å². The predicted octanol–water partition coefficient (Wildman–Crippen LogP) is 1.91. The zero-order valence-corrected chi connectivity index (χ0v) is 8.02. The summed E-state index contributed by atoms with van der Waals surface area (Å²) in [6.45, 7) is 0.0605. The third-order valence-corrected chi connectivity index (χ3v) is 2.41. The molecule has 2 nitrogen and oxygen atoms in total. The van der Waals surface area contributed by atoms with Crippen molar-refractivity contribution in [3.05, 3.63) is 23.8 Å². The molecule has 66 valence electrons. The number of aliphatic hydroxyl groups excluding tert-OH is 1. The van der Waals surface area contributed by atoms with Gasteiger partial charge in [0, 0.05) is 4.90 Å². The summed E-state index contributed by atoms with van der Waals surface area (Å²) in [5, 5.41) is 8.86. The maximum Gasteiger partial charge on any atom is 0.132 e. The topological polar surface area (TPSA) is 29.5 Å². The van der Waals surface area contributed by atoms with Crippen molar-refractivity contribution in [2.24, 2.45) is 0 Å². The molecule has 1 N–H and O–H groups in total. The molecule has 3 heteroatoms. The molecule has 0 radical (unpaired) electrons. The summed E-state index contributed by atoms with van der Waals surface area (Å²) in [6, 6.07) is 5.70. The van der Waals surface area contributed by atoms with Gasteiger partial charge in [0.15, 0.2) is 0 Å². The van der Waals surface area contributed by atoms with Gasteiger partial charge in [-0.1, -0.05) is 6.07 Å². The highest BCUT2D eigenvalue weighted by Crippen LogP contribution is 2.28. The zero-order chi connectivity index (χ0) is 8.97. The first-order chi connectivity index (χ1) is 5.81. The Kier molecular flexibility index (Phi) is 3.44. The average Bonchev–Trinajstić information content (AvgIpc) is 2.16. The number of thioether (sulfide) groups is 1. The van der Waals surface area contributed by atoms with Gasteiger partial charge in [0.05, 0.1) is 13.7 Å². The van der Waals surface area contributed by atoms with Crippen molar-refractivity contribution in [2.75, 3.05) is 13.4 Å². The van der Waals surface area contributed by atoms with Crippen LogP contribution in [0.1, 0.15) is 5.56 Å². The lowest BCUT2D eigenvalue weighted by atomic mass is 10.2. The first kappa shape index (κ1) is 9.42. The standard InChI is InChI=1S/C9H12O2S/c1-11-8-5-7(6-10)3-4-9(8)12-2/h3-5,10H,6H2,1-2H3. The van der Waals surface area contributed by atoms with E-state index >= 15 is 0 Å². The van der Waals surface area contributed by atoms with Crippen molar-refractivity contribution in [2.45, 2.75) is 11.5 Å². The first-order valence-electron chi connectivity index (χ1n) is 3.63. The molecule has 1 aromatic rings. The number of ether oxygens (including phenoxy) is 1. The lowest BCUT2D eigenvalue weighted by molar-refractivity contribution is 0.280. The third kappa shape index (κ3) is 1.93. The van der Waals surface area contributed by atoms with Crippen LogP contribution >= 0.6 is 11.8 Å². The second-order valence-electron chi connectivity index (χ2n) is 2.35. The maximum atomic E-state index is 8.86. The predicted molar refractivity (Wildman–Crippen MR) is 50.7 cm³/mol. The Balaban J connectivity index is 3.02. The van der Waals surface area contributed by atoms with Gasteiger partial charge in [0.2, 0.25) is 0 Å². The summed E-state index contributed by atoms with van der Waals surface area (Å²) >= 11 is 1.63. The number of methoxy groups -OCH3 is 1. The maximum absolute atomic E-state index is 8.86. The Morgan fingerprint density at radius 2 is 2.25 bits per heavy atom. The van der Waals surface area contributed by atoms with Crippen LogP contribution in [0.4, 0.5) is 0 Å². The van der Waals surface area contributed by atoms with Crippen molar-refractivity contribution in [3.63, 3.8) is 0 Å². The second-order valence-corrected chi connectivity index (χ2v) is 3.20. The molecule has 0 aliphatic carbocycles. The van der Waals surface area contributed by atoms with Gasteiger partial charge in [-0.15, -0.1) is 11.8 Å². The van der Waals surface area contributed by atoms with Gasteiger partial charge < -0.3 is 9.84 Å². The van der Waals surface area contributed by atoms with Crippen molar-refractivity contribution in [1.82, 2.24) is 0 Å². The average molecular weight is 184 g/mol. The minimum atomic E-state index is 0.0605. The lowest BCUT2D eigenvalue weighted by Crippen LogP contribution is -1.89. The van der Waals surface area contributed by atoms with E-state index in [1.165, 1.54) is 0 Å². The Morgan fingerprint density at radius 3 is 2.75 bits per heavy atom. The Bertz CT molecular complexity index is 261. The number of hydrogen-bond donors (Lipinski definition) is 1. The van der Waals surface area contributed by atoms with Crippen LogP contribution < -0.4 is 4.74 Å². The van der Waals surface area contributed by atoms with E-state index in [9.17, 15) is 0 Å². The van der Waals surface area contributed by atoms with E-state index in [-0.39, 0.29) is 6.61 Å². The fourth-order valence-electron chi connectivity index (χ4n) is 0.979. The lowest BCUT2D eigenvalue weighted by Gasteiger charge is -2.06. The molecule has 0 aliphatic heterocycles. The van der Waals surface area contributed by atoms with Crippen molar-refractivity contribution in [3.8, 4) is 5.75 Å². The molecule has 0 saturated heterocycles. The van der Waals surface area contributed by atoms with E-state index < -0.39 is 0 Å². The fourth-order valence-corrected chi connectivity index (χ4v) is 1.53. The largest absolute Gasteiger partial charge is 0.496 e. The highest BCUT2D eigenvalue weighted by atomic mass is 32.2. The highest BCUT2D eigenvalue weighted by molar-refractivity contribution is 7.98. The number of benzene rings is 1. The van der Waals surface area contributed by atoms with Gasteiger partial charge in [0.1, 0.15) is 5.75 Å². The molecule has 12 heavy (non-hydrogen) atoms. The highest BCUT2D eigenvalue weighted by Gasteiger charge is 2.01. The fraction of sp³-hybridized carbons (Fsp3) is 0.333. The summed E-state index contributed by atoms with van der Waals surface area (Å²) in [5.74, 6) is 0.828. The van der Waals surface area contributed by atoms with Crippen LogP contribution in [0.15, 0.2) is 23.1 Å². The number of rotatable bonds is 3. The normalized spacial score (nSPS) is 9.92. The molecular weight excluding hydrogens is 172 g/mol. The van der Waals surface area contributed by atoms with E-state index in [0.29, 0.717) is 0 Å². The summed E-state index contributed by atoms with van der Waals surface area (Å²) in [6.07, 6.45) is 2.00. The first-order valence-corrected chi connectivity index (χ1v) is 4.86. The molecule has 0 heterocycles. The quantitative estimate of drug-likeness (QED) is 0.728. The molecule has 1 rings (SSSR count). The molecule has 0 unspecified atom stereocenters. The molecular formula is C9H12O2S. The van der Waals surface area contributed by atoms with Crippen molar-refractivity contribution >= 4 is 11.8 Å².